The Balaban J connectivity index is 2.58. The minimum Gasteiger partial charge on any atom is -0.308 e. The van der Waals surface area contributed by atoms with E-state index in [9.17, 15) is 4.79 Å². The lowest BCUT2D eigenvalue weighted by Crippen LogP contribution is -2.07. The molecule has 0 spiro atoms. The quantitative estimate of drug-likeness (QED) is 0.448. The fraction of sp³-hybridized carbons (Fsp3) is 0.600. The smallest absolute Gasteiger partial charge is 0.164 e. The summed E-state index contributed by atoms with van der Waals surface area (Å²) in [6.07, 6.45) is 0. The van der Waals surface area contributed by atoms with Gasteiger partial charge in [-0.3, -0.25) is 4.79 Å². The maximum Gasteiger partial charge on any atom is 0.164 e. The zero-order chi connectivity index (χ0) is 5.98. The Labute approximate surface area is 47.3 Å². The van der Waals surface area contributed by atoms with Gasteiger partial charge in [0, 0.05) is 6.54 Å². The van der Waals surface area contributed by atoms with Gasteiger partial charge in [0.05, 0.1) is 12.6 Å². The molecular weight excluding hydrogens is 104 g/mol. The molecule has 1 N–H and O–H groups in total. The molecule has 0 amide bonds. The van der Waals surface area contributed by atoms with Gasteiger partial charge in [0.15, 0.2) is 5.78 Å². The van der Waals surface area contributed by atoms with Gasteiger partial charge in [-0.05, 0) is 0 Å². The fourth-order valence-corrected chi connectivity index (χ4v) is 0.694. The predicted molar refractivity (Wildman–Crippen MR) is 27.0 cm³/mol. The Morgan fingerprint density at radius 1 is 1.88 bits per heavy atom. The molecule has 3 nitrogen and oxygen atoms in total. The first kappa shape index (κ1) is 5.26. The molecule has 0 bridgehead atoms. The molecule has 0 radical (unpaired) electrons. The van der Waals surface area contributed by atoms with Gasteiger partial charge in [-0.15, -0.1) is 0 Å². The van der Waals surface area contributed by atoms with Crippen LogP contribution in [-0.4, -0.2) is 18.9 Å². The normalized spacial score (nSPS) is 27.9. The van der Waals surface area contributed by atoms with Crippen LogP contribution in [0.5, 0.6) is 0 Å². The molecule has 1 aliphatic heterocycles. The highest BCUT2D eigenvalue weighted by Crippen LogP contribution is 1.99. The molecule has 8 heavy (non-hydrogen) atoms. The van der Waals surface area contributed by atoms with Crippen molar-refractivity contribution in [3.8, 4) is 6.07 Å². The lowest BCUT2D eigenvalue weighted by molar-refractivity contribution is -0.118. The summed E-state index contributed by atoms with van der Waals surface area (Å²) in [7, 11) is 0. The number of carbonyl (C=O) groups excluding carboxylic acids is 1. The first-order valence-corrected chi connectivity index (χ1v) is 2.47. The third-order valence-corrected chi connectivity index (χ3v) is 1.19. The van der Waals surface area contributed by atoms with Crippen LogP contribution in [0, 0.1) is 17.2 Å². The molecule has 0 aliphatic carbocycles. The first-order chi connectivity index (χ1) is 3.84. The summed E-state index contributed by atoms with van der Waals surface area (Å²) in [4.78, 5) is 10.5. The number of hydrogen-bond donors (Lipinski definition) is 1. The van der Waals surface area contributed by atoms with Crippen LogP contribution in [0.15, 0.2) is 0 Å². The molecule has 1 aliphatic rings. The predicted octanol–water partition coefficient (Wildman–Crippen LogP) is -0.702. The third kappa shape index (κ3) is 0.703. The molecule has 3 heteroatoms. The van der Waals surface area contributed by atoms with Gasteiger partial charge in [0.25, 0.3) is 0 Å². The van der Waals surface area contributed by atoms with Gasteiger partial charge in [0.1, 0.15) is 5.92 Å². The summed E-state index contributed by atoms with van der Waals surface area (Å²) in [6.45, 7) is 0.910. The lowest BCUT2D eigenvalue weighted by atomic mass is 10.1. The summed E-state index contributed by atoms with van der Waals surface area (Å²) in [6, 6.07) is 1.90. The largest absolute Gasteiger partial charge is 0.308 e. The topological polar surface area (TPSA) is 52.9 Å². The Morgan fingerprint density at radius 3 is 2.88 bits per heavy atom. The number of rotatable bonds is 0. The summed E-state index contributed by atoms with van der Waals surface area (Å²) < 4.78 is 0. The third-order valence-electron chi connectivity index (χ3n) is 1.19. The Bertz CT molecular complexity index is 147. The molecule has 1 heterocycles. The van der Waals surface area contributed by atoms with Crippen molar-refractivity contribution in [3.05, 3.63) is 0 Å². The molecule has 0 aromatic rings. The molecule has 1 unspecified atom stereocenters. The van der Waals surface area contributed by atoms with Gasteiger partial charge >= 0.3 is 0 Å². The highest BCUT2D eigenvalue weighted by atomic mass is 16.1. The van der Waals surface area contributed by atoms with Crippen molar-refractivity contribution in [3.63, 3.8) is 0 Å². The van der Waals surface area contributed by atoms with Gasteiger partial charge < -0.3 is 5.32 Å². The summed E-state index contributed by atoms with van der Waals surface area (Å²) in [5, 5.41) is 11.0. The lowest BCUT2D eigenvalue weighted by Gasteiger charge is -1.86. The Hall–Kier alpha value is -0.880. The van der Waals surface area contributed by atoms with Crippen molar-refractivity contribution < 1.29 is 4.79 Å². The standard InChI is InChI=1S/C5H6N2O/c6-1-4-2-7-3-5(4)8/h4,7H,2-3H2. The maximum atomic E-state index is 10.5. The van der Waals surface area contributed by atoms with E-state index >= 15 is 0 Å². The SMILES string of the molecule is N#CC1CNCC1=O. The number of nitrogens with zero attached hydrogens (tertiary/aromatic N) is 1. The average molecular weight is 110 g/mol. The first-order valence-electron chi connectivity index (χ1n) is 2.47. The second-order valence-electron chi connectivity index (χ2n) is 1.78. The van der Waals surface area contributed by atoms with E-state index in [1.54, 1.807) is 0 Å². The summed E-state index contributed by atoms with van der Waals surface area (Å²) in [5.41, 5.74) is 0. The maximum absolute atomic E-state index is 10.5. The highest BCUT2D eigenvalue weighted by molar-refractivity contribution is 5.87. The summed E-state index contributed by atoms with van der Waals surface area (Å²) in [5.74, 6) is -0.359. The second-order valence-corrected chi connectivity index (χ2v) is 1.78. The van der Waals surface area contributed by atoms with Crippen LogP contribution >= 0.6 is 0 Å². The van der Waals surface area contributed by atoms with Crippen molar-refractivity contribution in [2.45, 2.75) is 0 Å². The molecular formula is C5H6N2O. The van der Waals surface area contributed by atoms with E-state index in [4.69, 9.17) is 5.26 Å². The van der Waals surface area contributed by atoms with E-state index in [-0.39, 0.29) is 11.7 Å². The zero-order valence-corrected chi connectivity index (χ0v) is 4.35. The number of Topliss-reactive ketones (excluding diaryl/α,β-unsaturated/α-hetero) is 1. The number of carbonyl (C=O) groups is 1. The van der Waals surface area contributed by atoms with E-state index in [1.807, 2.05) is 6.07 Å². The van der Waals surface area contributed by atoms with Crippen molar-refractivity contribution >= 4 is 5.78 Å². The molecule has 0 aromatic carbocycles. The monoisotopic (exact) mass is 110 g/mol. The number of ketones is 1. The Morgan fingerprint density at radius 2 is 2.62 bits per heavy atom. The number of hydrogen-bond acceptors (Lipinski definition) is 3. The summed E-state index contributed by atoms with van der Waals surface area (Å²) >= 11 is 0. The van der Waals surface area contributed by atoms with Crippen LogP contribution in [0.1, 0.15) is 0 Å². The average Bonchev–Trinajstić information content (AvgIpc) is 2.14. The van der Waals surface area contributed by atoms with E-state index in [2.05, 4.69) is 5.32 Å². The van der Waals surface area contributed by atoms with Crippen LogP contribution in [0.2, 0.25) is 0 Å². The molecule has 0 aromatic heterocycles. The number of nitrogens with one attached hydrogen (secondary N) is 1. The van der Waals surface area contributed by atoms with Crippen LogP contribution in [-0.2, 0) is 4.79 Å². The minimum absolute atomic E-state index is 0.0208. The van der Waals surface area contributed by atoms with Crippen molar-refractivity contribution in [1.82, 2.24) is 5.32 Å². The van der Waals surface area contributed by atoms with Gasteiger partial charge in [-0.2, -0.15) is 5.26 Å². The molecule has 1 rings (SSSR count). The molecule has 1 fully saturated rings. The van der Waals surface area contributed by atoms with Crippen LogP contribution in [0.25, 0.3) is 0 Å². The van der Waals surface area contributed by atoms with Crippen molar-refractivity contribution in [2.75, 3.05) is 13.1 Å². The second kappa shape index (κ2) is 1.93. The van der Waals surface area contributed by atoms with E-state index < -0.39 is 0 Å². The highest BCUT2D eigenvalue weighted by Gasteiger charge is 2.22. The van der Waals surface area contributed by atoms with Gasteiger partial charge in [-0.1, -0.05) is 0 Å². The van der Waals surface area contributed by atoms with Crippen LogP contribution < -0.4 is 5.32 Å². The van der Waals surface area contributed by atoms with E-state index in [0.29, 0.717) is 13.1 Å². The van der Waals surface area contributed by atoms with E-state index in [0.717, 1.165) is 0 Å². The van der Waals surface area contributed by atoms with Crippen LogP contribution in [0.3, 0.4) is 0 Å². The van der Waals surface area contributed by atoms with Gasteiger partial charge in [-0.25, -0.2) is 0 Å². The van der Waals surface area contributed by atoms with E-state index in [1.165, 1.54) is 0 Å². The molecule has 1 atom stereocenters. The van der Waals surface area contributed by atoms with Crippen molar-refractivity contribution in [2.24, 2.45) is 5.92 Å². The Kier molecular flexibility index (Phi) is 1.27. The molecule has 1 saturated heterocycles. The zero-order valence-electron chi connectivity index (χ0n) is 4.35. The number of nitriles is 1. The van der Waals surface area contributed by atoms with Gasteiger partial charge in [0.2, 0.25) is 0 Å². The van der Waals surface area contributed by atoms with Crippen molar-refractivity contribution in [1.29, 1.82) is 5.26 Å². The van der Waals surface area contributed by atoms with Crippen LogP contribution in [0.4, 0.5) is 0 Å². The molecule has 0 saturated carbocycles. The minimum atomic E-state index is -0.380. The molecule has 42 valence electrons. The fourth-order valence-electron chi connectivity index (χ4n) is 0.694.